The van der Waals surface area contributed by atoms with Crippen LogP contribution in [0.3, 0.4) is 0 Å². The maximum Gasteiger partial charge on any atom is 0.355 e. The van der Waals surface area contributed by atoms with Crippen LogP contribution in [0.4, 0.5) is 10.1 Å². The minimum Gasteiger partial charge on any atom is -0.476 e. The Bertz CT molecular complexity index is 849. The summed E-state index contributed by atoms with van der Waals surface area (Å²) in [5.41, 5.74) is 0.453. The van der Waals surface area contributed by atoms with Gasteiger partial charge in [-0.15, -0.1) is 11.3 Å². The van der Waals surface area contributed by atoms with Gasteiger partial charge in [0.2, 0.25) is 5.91 Å². The molecule has 3 rings (SSSR count). The number of carboxylic acids is 1. The Morgan fingerprint density at radius 3 is 3.04 bits per heavy atom. The number of nitrogens with zero attached hydrogens (tertiary/aromatic N) is 2. The third kappa shape index (κ3) is 5.20. The molecule has 2 N–H and O–H groups in total. The van der Waals surface area contributed by atoms with Crippen LogP contribution in [0.1, 0.15) is 23.3 Å². The van der Waals surface area contributed by atoms with Crippen molar-refractivity contribution in [3.63, 3.8) is 0 Å². The van der Waals surface area contributed by atoms with Gasteiger partial charge in [-0.1, -0.05) is 27.7 Å². The second-order valence-electron chi connectivity index (χ2n) is 5.94. The molecule has 27 heavy (non-hydrogen) atoms. The van der Waals surface area contributed by atoms with Crippen molar-refractivity contribution >= 4 is 56.6 Å². The number of aromatic nitrogens is 1. The number of nitrogens with one attached hydrogen (secondary N) is 1. The first-order chi connectivity index (χ1) is 12.9. The van der Waals surface area contributed by atoms with Gasteiger partial charge in [-0.25, -0.2) is 14.2 Å². The highest BCUT2D eigenvalue weighted by molar-refractivity contribution is 9.10. The monoisotopic (exact) mass is 473 g/mol. The van der Waals surface area contributed by atoms with E-state index in [1.807, 2.05) is 4.90 Å². The van der Waals surface area contributed by atoms with E-state index in [0.29, 0.717) is 39.8 Å². The summed E-state index contributed by atoms with van der Waals surface area (Å²) in [5.74, 6) is -0.668. The van der Waals surface area contributed by atoms with Crippen molar-refractivity contribution < 1.29 is 19.1 Å². The first kappa shape index (κ1) is 20.1. The van der Waals surface area contributed by atoms with Gasteiger partial charge in [-0.3, -0.25) is 4.79 Å². The number of amides is 1. The molecule has 0 radical (unpaired) electrons. The van der Waals surface area contributed by atoms with E-state index in [2.05, 4.69) is 26.2 Å². The molecule has 1 aromatic carbocycles. The maximum absolute atomic E-state index is 13.9. The molecule has 1 saturated heterocycles. The van der Waals surface area contributed by atoms with Crippen molar-refractivity contribution in [2.75, 3.05) is 24.2 Å². The number of carbonyl (C=O) groups is 2. The van der Waals surface area contributed by atoms with E-state index in [1.54, 1.807) is 12.1 Å². The Balaban J connectivity index is 1.52. The topological polar surface area (TPSA) is 82.5 Å². The van der Waals surface area contributed by atoms with Crippen molar-refractivity contribution in [1.29, 1.82) is 0 Å². The lowest BCUT2D eigenvalue weighted by Crippen LogP contribution is -2.39. The highest BCUT2D eigenvalue weighted by Gasteiger charge is 2.30. The van der Waals surface area contributed by atoms with Crippen LogP contribution in [-0.4, -0.2) is 51.8 Å². The van der Waals surface area contributed by atoms with Gasteiger partial charge in [0.05, 0.1) is 5.69 Å². The molecule has 10 heteroatoms. The minimum absolute atomic E-state index is 0.00650. The lowest BCUT2D eigenvalue weighted by atomic mass is 10.2. The van der Waals surface area contributed by atoms with Crippen LogP contribution in [0, 0.1) is 5.82 Å². The predicted molar refractivity (Wildman–Crippen MR) is 107 cm³/mol. The Hall–Kier alpha value is -1.65. The molecule has 1 unspecified atom stereocenters. The Morgan fingerprint density at radius 1 is 1.52 bits per heavy atom. The van der Waals surface area contributed by atoms with E-state index >= 15 is 0 Å². The number of halogens is 2. The molecule has 144 valence electrons. The van der Waals surface area contributed by atoms with E-state index in [-0.39, 0.29) is 23.5 Å². The minimum atomic E-state index is -1.04. The summed E-state index contributed by atoms with van der Waals surface area (Å²) < 4.78 is 15.3. The van der Waals surface area contributed by atoms with Crippen LogP contribution < -0.4 is 5.32 Å². The van der Waals surface area contributed by atoms with Gasteiger partial charge in [0.15, 0.2) is 10.0 Å². The SMILES string of the molecule is O=C(O)c1csc(SCCN2C(=O)CCC2CNc2ccc(Br)cc2F)n1. The lowest BCUT2D eigenvalue weighted by Gasteiger charge is -2.25. The fourth-order valence-corrected chi connectivity index (χ4v) is 4.97. The largest absolute Gasteiger partial charge is 0.476 e. The number of hydrogen-bond acceptors (Lipinski definition) is 6. The summed E-state index contributed by atoms with van der Waals surface area (Å²) in [5, 5.41) is 13.5. The number of anilines is 1. The first-order valence-corrected chi connectivity index (χ1v) is 10.9. The molecular weight excluding hydrogens is 457 g/mol. The number of benzene rings is 1. The van der Waals surface area contributed by atoms with Gasteiger partial charge in [-0.2, -0.15) is 0 Å². The van der Waals surface area contributed by atoms with Gasteiger partial charge in [0.1, 0.15) is 5.82 Å². The number of thioether (sulfide) groups is 1. The predicted octanol–water partition coefficient (Wildman–Crippen LogP) is 3.94. The average molecular weight is 474 g/mol. The highest BCUT2D eigenvalue weighted by Crippen LogP contribution is 2.26. The number of aromatic carboxylic acids is 1. The number of carboxylic acid groups (broad SMARTS) is 1. The van der Waals surface area contributed by atoms with Crippen molar-refractivity contribution in [1.82, 2.24) is 9.88 Å². The first-order valence-electron chi connectivity index (χ1n) is 8.24. The summed E-state index contributed by atoms with van der Waals surface area (Å²) in [7, 11) is 0. The molecular formula is C17H17BrFN3O3S2. The lowest BCUT2D eigenvalue weighted by molar-refractivity contribution is -0.128. The van der Waals surface area contributed by atoms with Gasteiger partial charge < -0.3 is 15.3 Å². The Labute approximate surface area is 172 Å². The summed E-state index contributed by atoms with van der Waals surface area (Å²) in [6.07, 6.45) is 1.22. The van der Waals surface area contributed by atoms with Crippen LogP contribution in [0.15, 0.2) is 32.4 Å². The summed E-state index contributed by atoms with van der Waals surface area (Å²) in [4.78, 5) is 28.9. The summed E-state index contributed by atoms with van der Waals surface area (Å²) in [6.45, 7) is 1.02. The van der Waals surface area contributed by atoms with E-state index < -0.39 is 5.97 Å². The van der Waals surface area contributed by atoms with E-state index in [1.165, 1.54) is 34.5 Å². The number of rotatable bonds is 8. The number of thiazole rings is 1. The molecule has 1 aliphatic heterocycles. The molecule has 2 aromatic rings. The van der Waals surface area contributed by atoms with Gasteiger partial charge in [-0.05, 0) is 24.6 Å². The van der Waals surface area contributed by atoms with Crippen molar-refractivity contribution in [3.05, 3.63) is 39.6 Å². The highest BCUT2D eigenvalue weighted by atomic mass is 79.9. The second kappa shape index (κ2) is 9.03. The van der Waals surface area contributed by atoms with Gasteiger partial charge in [0.25, 0.3) is 0 Å². The quantitative estimate of drug-likeness (QED) is 0.565. The van der Waals surface area contributed by atoms with Crippen LogP contribution in [0.25, 0.3) is 0 Å². The molecule has 6 nitrogen and oxygen atoms in total. The van der Waals surface area contributed by atoms with Crippen molar-refractivity contribution in [3.8, 4) is 0 Å². The zero-order valence-electron chi connectivity index (χ0n) is 14.2. The maximum atomic E-state index is 13.9. The molecule has 1 fully saturated rings. The third-order valence-corrected chi connectivity index (χ3v) is 6.67. The van der Waals surface area contributed by atoms with E-state index in [9.17, 15) is 14.0 Å². The summed E-state index contributed by atoms with van der Waals surface area (Å²) >= 11 is 5.94. The van der Waals surface area contributed by atoms with Crippen molar-refractivity contribution in [2.24, 2.45) is 0 Å². The molecule has 1 amide bonds. The zero-order chi connectivity index (χ0) is 19.4. The fourth-order valence-electron chi connectivity index (χ4n) is 2.83. The second-order valence-corrected chi connectivity index (χ2v) is 9.05. The molecule has 1 aromatic heterocycles. The standard InChI is InChI=1S/C17H17BrFN3O3S2/c18-10-1-3-13(12(19)7-10)20-8-11-2-4-15(23)22(11)5-6-26-17-21-14(9-27-17)16(24)25/h1,3,7,9,11,20H,2,4-6,8H2,(H,24,25). The van der Waals surface area contributed by atoms with E-state index in [4.69, 9.17) is 5.11 Å². The molecule has 0 aliphatic carbocycles. The Kier molecular flexibility index (Phi) is 6.72. The van der Waals surface area contributed by atoms with Crippen LogP contribution >= 0.6 is 39.0 Å². The van der Waals surface area contributed by atoms with E-state index in [0.717, 1.165) is 6.42 Å². The molecule has 0 saturated carbocycles. The zero-order valence-corrected chi connectivity index (χ0v) is 17.4. The molecule has 0 bridgehead atoms. The molecule has 1 atom stereocenters. The summed E-state index contributed by atoms with van der Waals surface area (Å²) in [6, 6.07) is 4.83. The van der Waals surface area contributed by atoms with Gasteiger partial charge in [0, 0.05) is 41.2 Å². The third-order valence-electron chi connectivity index (χ3n) is 4.17. The molecule has 1 aliphatic rings. The Morgan fingerprint density at radius 2 is 2.33 bits per heavy atom. The van der Waals surface area contributed by atoms with Crippen LogP contribution in [-0.2, 0) is 4.79 Å². The van der Waals surface area contributed by atoms with Crippen LogP contribution in [0.2, 0.25) is 0 Å². The molecule has 0 spiro atoms. The normalized spacial score (nSPS) is 16.7. The van der Waals surface area contributed by atoms with Crippen molar-refractivity contribution in [2.45, 2.75) is 23.2 Å². The number of hydrogen-bond donors (Lipinski definition) is 2. The smallest absolute Gasteiger partial charge is 0.355 e. The van der Waals surface area contributed by atoms with Crippen LogP contribution in [0.5, 0.6) is 0 Å². The number of likely N-dealkylation sites (tertiary alicyclic amines) is 1. The average Bonchev–Trinajstić information content (AvgIpc) is 3.22. The van der Waals surface area contributed by atoms with Gasteiger partial charge >= 0.3 is 5.97 Å². The molecule has 2 heterocycles. The number of carbonyl (C=O) groups excluding carboxylic acids is 1. The fraction of sp³-hybridized carbons (Fsp3) is 0.353.